The number of rotatable bonds is 7. The number of hydrogen-bond acceptors (Lipinski definition) is 3. The molecule has 1 aliphatic rings. The summed E-state index contributed by atoms with van der Waals surface area (Å²) in [5, 5.41) is 2.90. The molecule has 0 aromatic rings. The van der Waals surface area contributed by atoms with Gasteiger partial charge in [0.1, 0.15) is 12.1 Å². The van der Waals surface area contributed by atoms with Gasteiger partial charge in [0, 0.05) is 7.11 Å². The Kier molecular flexibility index (Phi) is 6.46. The Morgan fingerprint density at radius 1 is 1.25 bits per heavy atom. The number of carbonyl (C=O) groups excluding carboxylic acids is 2. The van der Waals surface area contributed by atoms with Crippen LogP contribution in [-0.2, 0) is 14.3 Å². The van der Waals surface area contributed by atoms with Gasteiger partial charge in [0.2, 0.25) is 11.8 Å². The smallest absolute Gasteiger partial charge is 0.246 e. The van der Waals surface area contributed by atoms with Gasteiger partial charge in [-0.2, -0.15) is 0 Å². The average molecular weight is 284 g/mol. The van der Waals surface area contributed by atoms with E-state index in [1.165, 1.54) is 0 Å². The molecule has 5 nitrogen and oxygen atoms in total. The highest BCUT2D eigenvalue weighted by Gasteiger charge is 2.43. The predicted molar refractivity (Wildman–Crippen MR) is 78.3 cm³/mol. The number of nitrogens with one attached hydrogen (secondary N) is 1. The van der Waals surface area contributed by atoms with Gasteiger partial charge in [-0.15, -0.1) is 0 Å². The molecule has 0 aromatic heterocycles. The maximum Gasteiger partial charge on any atom is 0.246 e. The Morgan fingerprint density at radius 3 is 2.35 bits per heavy atom. The fourth-order valence-corrected chi connectivity index (χ4v) is 2.78. The van der Waals surface area contributed by atoms with Gasteiger partial charge in [0.05, 0.1) is 12.6 Å². The lowest BCUT2D eigenvalue weighted by molar-refractivity contribution is -0.155. The molecule has 4 atom stereocenters. The molecule has 20 heavy (non-hydrogen) atoms. The van der Waals surface area contributed by atoms with Crippen LogP contribution in [0.5, 0.6) is 0 Å². The molecule has 0 spiro atoms. The molecular weight excluding hydrogens is 256 g/mol. The predicted octanol–water partition coefficient (Wildman–Crippen LogP) is 1.56. The topological polar surface area (TPSA) is 58.6 Å². The maximum atomic E-state index is 12.8. The van der Waals surface area contributed by atoms with Crippen molar-refractivity contribution in [2.75, 3.05) is 13.7 Å². The van der Waals surface area contributed by atoms with Crippen molar-refractivity contribution in [3.63, 3.8) is 0 Å². The molecule has 4 unspecified atom stereocenters. The number of ether oxygens (including phenoxy) is 1. The van der Waals surface area contributed by atoms with E-state index in [1.54, 1.807) is 12.0 Å². The van der Waals surface area contributed by atoms with E-state index in [0.717, 1.165) is 12.8 Å². The minimum atomic E-state index is -0.402. The lowest BCUT2D eigenvalue weighted by Gasteiger charge is -2.44. The van der Waals surface area contributed by atoms with Crippen molar-refractivity contribution in [3.8, 4) is 0 Å². The molecule has 0 saturated carbocycles. The van der Waals surface area contributed by atoms with Crippen LogP contribution in [0.3, 0.4) is 0 Å². The van der Waals surface area contributed by atoms with Crippen LogP contribution in [0.15, 0.2) is 0 Å². The van der Waals surface area contributed by atoms with E-state index < -0.39 is 6.04 Å². The molecule has 5 heteroatoms. The standard InChI is InChI=1S/C15H28N2O3/c1-6-10(4)13-15(19)17(11(7-2)9-20-5)12(8-3)14(18)16-13/h10-13H,6-9H2,1-5H3,(H,16,18). The lowest BCUT2D eigenvalue weighted by Crippen LogP contribution is -2.67. The Balaban J connectivity index is 3.05. The van der Waals surface area contributed by atoms with Crippen LogP contribution in [0.1, 0.15) is 47.0 Å². The van der Waals surface area contributed by atoms with E-state index in [4.69, 9.17) is 4.74 Å². The minimum Gasteiger partial charge on any atom is -0.383 e. The van der Waals surface area contributed by atoms with Crippen molar-refractivity contribution in [1.29, 1.82) is 0 Å². The number of carbonyl (C=O) groups is 2. The molecular formula is C15H28N2O3. The summed E-state index contributed by atoms with van der Waals surface area (Å²) in [7, 11) is 1.63. The molecule has 116 valence electrons. The third-order valence-electron chi connectivity index (χ3n) is 4.28. The van der Waals surface area contributed by atoms with Gasteiger partial charge in [-0.1, -0.05) is 34.1 Å². The summed E-state index contributed by atoms with van der Waals surface area (Å²) in [6.07, 6.45) is 2.28. The fraction of sp³-hybridized carbons (Fsp3) is 0.867. The van der Waals surface area contributed by atoms with Crippen LogP contribution in [0.25, 0.3) is 0 Å². The average Bonchev–Trinajstić information content (AvgIpc) is 2.45. The zero-order valence-corrected chi connectivity index (χ0v) is 13.3. The van der Waals surface area contributed by atoms with Gasteiger partial charge in [0.25, 0.3) is 0 Å². The molecule has 1 heterocycles. The largest absolute Gasteiger partial charge is 0.383 e. The van der Waals surface area contributed by atoms with Gasteiger partial charge in [0.15, 0.2) is 0 Å². The summed E-state index contributed by atoms with van der Waals surface area (Å²) in [5.41, 5.74) is 0. The summed E-state index contributed by atoms with van der Waals surface area (Å²) in [6.45, 7) is 8.47. The van der Waals surface area contributed by atoms with Crippen LogP contribution in [-0.4, -0.2) is 48.6 Å². The van der Waals surface area contributed by atoms with Crippen LogP contribution in [0.2, 0.25) is 0 Å². The summed E-state index contributed by atoms with van der Waals surface area (Å²) < 4.78 is 5.22. The third kappa shape index (κ3) is 3.32. The molecule has 0 bridgehead atoms. The fourth-order valence-electron chi connectivity index (χ4n) is 2.78. The van der Waals surface area contributed by atoms with Crippen molar-refractivity contribution in [2.45, 2.75) is 65.1 Å². The Morgan fingerprint density at radius 2 is 1.90 bits per heavy atom. The molecule has 0 aromatic carbocycles. The van der Waals surface area contributed by atoms with Crippen LogP contribution in [0, 0.1) is 5.92 Å². The summed E-state index contributed by atoms with van der Waals surface area (Å²) in [5.74, 6) is 0.147. The third-order valence-corrected chi connectivity index (χ3v) is 4.28. The molecule has 1 fully saturated rings. The van der Waals surface area contributed by atoms with Gasteiger partial charge < -0.3 is 15.0 Å². The number of amides is 2. The Labute approximate surface area is 122 Å². The van der Waals surface area contributed by atoms with E-state index in [0.29, 0.717) is 13.0 Å². The van der Waals surface area contributed by atoms with Crippen molar-refractivity contribution in [1.82, 2.24) is 10.2 Å². The van der Waals surface area contributed by atoms with Gasteiger partial charge >= 0.3 is 0 Å². The molecule has 1 saturated heterocycles. The lowest BCUT2D eigenvalue weighted by atomic mass is 9.92. The highest BCUT2D eigenvalue weighted by atomic mass is 16.5. The van der Waals surface area contributed by atoms with E-state index in [2.05, 4.69) is 5.32 Å². The molecule has 1 N–H and O–H groups in total. The second-order valence-electron chi connectivity index (χ2n) is 5.56. The Hall–Kier alpha value is -1.10. The van der Waals surface area contributed by atoms with Crippen LogP contribution >= 0.6 is 0 Å². The first-order valence-corrected chi connectivity index (χ1v) is 7.63. The van der Waals surface area contributed by atoms with Crippen LogP contribution < -0.4 is 5.32 Å². The Bertz CT molecular complexity index is 346. The van der Waals surface area contributed by atoms with Crippen LogP contribution in [0.4, 0.5) is 0 Å². The molecule has 1 aliphatic heterocycles. The zero-order chi connectivity index (χ0) is 15.3. The SMILES string of the molecule is CCC(C)C1NC(=O)C(CC)N(C(CC)COC)C1=O. The number of methoxy groups -OCH3 is 1. The van der Waals surface area contributed by atoms with E-state index in [1.807, 2.05) is 27.7 Å². The van der Waals surface area contributed by atoms with Gasteiger partial charge in [-0.25, -0.2) is 0 Å². The van der Waals surface area contributed by atoms with Gasteiger partial charge in [-0.3, -0.25) is 9.59 Å². The van der Waals surface area contributed by atoms with Gasteiger partial charge in [-0.05, 0) is 18.8 Å². The number of hydrogen-bond donors (Lipinski definition) is 1. The first-order valence-electron chi connectivity index (χ1n) is 7.63. The quantitative estimate of drug-likeness (QED) is 0.772. The van der Waals surface area contributed by atoms with Crippen molar-refractivity contribution in [3.05, 3.63) is 0 Å². The molecule has 0 aliphatic carbocycles. The monoisotopic (exact) mass is 284 g/mol. The molecule has 0 radical (unpaired) electrons. The summed E-state index contributed by atoms with van der Waals surface area (Å²) in [4.78, 5) is 26.8. The highest BCUT2D eigenvalue weighted by Crippen LogP contribution is 2.23. The second-order valence-corrected chi connectivity index (χ2v) is 5.56. The minimum absolute atomic E-state index is 0.0324. The first-order chi connectivity index (χ1) is 9.51. The molecule has 1 rings (SSSR count). The highest BCUT2D eigenvalue weighted by molar-refractivity contribution is 5.97. The number of piperazine rings is 1. The van der Waals surface area contributed by atoms with Crippen molar-refractivity contribution < 1.29 is 14.3 Å². The number of nitrogens with zero attached hydrogens (tertiary/aromatic N) is 1. The van der Waals surface area contributed by atoms with E-state index in [-0.39, 0.29) is 29.8 Å². The molecule has 2 amide bonds. The summed E-state index contributed by atoms with van der Waals surface area (Å²) in [6, 6.07) is -0.806. The van der Waals surface area contributed by atoms with Crippen molar-refractivity contribution >= 4 is 11.8 Å². The van der Waals surface area contributed by atoms with Crippen molar-refractivity contribution in [2.24, 2.45) is 5.92 Å². The summed E-state index contributed by atoms with van der Waals surface area (Å²) >= 11 is 0. The zero-order valence-electron chi connectivity index (χ0n) is 13.3. The first kappa shape index (κ1) is 17.0. The van der Waals surface area contributed by atoms with E-state index >= 15 is 0 Å². The maximum absolute atomic E-state index is 12.8. The second kappa shape index (κ2) is 7.62. The normalized spacial score (nSPS) is 26.4. The van der Waals surface area contributed by atoms with E-state index in [9.17, 15) is 9.59 Å².